The molecular formula is C16H12ClN3O4S2. The molecule has 26 heavy (non-hydrogen) atoms. The molecule has 0 atom stereocenters. The van der Waals surface area contributed by atoms with Crippen molar-refractivity contribution in [2.24, 2.45) is 0 Å². The maximum absolute atomic E-state index is 11.8. The zero-order chi connectivity index (χ0) is 18.4. The number of aromatic nitrogens is 2. The van der Waals surface area contributed by atoms with Gasteiger partial charge < -0.3 is 9.15 Å². The maximum atomic E-state index is 11.8. The number of amides is 2. The number of imide groups is 1. The number of nitrogens with one attached hydrogen (secondary N) is 1. The van der Waals surface area contributed by atoms with Crippen LogP contribution >= 0.6 is 34.7 Å². The van der Waals surface area contributed by atoms with Gasteiger partial charge in [-0.15, -0.1) is 21.5 Å². The summed E-state index contributed by atoms with van der Waals surface area (Å²) < 4.78 is 10.9. The van der Waals surface area contributed by atoms with Crippen LogP contribution in [0.2, 0.25) is 5.02 Å². The fourth-order valence-electron chi connectivity index (χ4n) is 1.79. The van der Waals surface area contributed by atoms with Gasteiger partial charge in [0, 0.05) is 5.02 Å². The highest BCUT2D eigenvalue weighted by Gasteiger charge is 2.14. The van der Waals surface area contributed by atoms with Gasteiger partial charge in [0.25, 0.3) is 17.0 Å². The Kier molecular flexibility index (Phi) is 6.26. The molecule has 0 radical (unpaired) electrons. The smallest absolute Gasteiger partial charge is 0.277 e. The van der Waals surface area contributed by atoms with Crippen LogP contribution in [0.25, 0.3) is 0 Å². The van der Waals surface area contributed by atoms with Gasteiger partial charge in [-0.1, -0.05) is 29.4 Å². The van der Waals surface area contributed by atoms with Crippen LogP contribution in [0.5, 0.6) is 5.75 Å². The minimum Gasteiger partial charge on any atom is -0.484 e. The Balaban J connectivity index is 1.43. The molecule has 0 unspecified atom stereocenters. The van der Waals surface area contributed by atoms with Crippen molar-refractivity contribution in [3.8, 4) is 5.75 Å². The van der Waals surface area contributed by atoms with Gasteiger partial charge in [-0.3, -0.25) is 14.9 Å². The van der Waals surface area contributed by atoms with Crippen molar-refractivity contribution >= 4 is 46.5 Å². The summed E-state index contributed by atoms with van der Waals surface area (Å²) in [7, 11) is 0. The van der Waals surface area contributed by atoms with E-state index >= 15 is 0 Å². The van der Waals surface area contributed by atoms with Crippen molar-refractivity contribution < 1.29 is 18.7 Å². The summed E-state index contributed by atoms with van der Waals surface area (Å²) in [6.07, 6.45) is 0. The highest BCUT2D eigenvalue weighted by atomic mass is 35.5. The molecule has 7 nitrogen and oxygen atoms in total. The number of carbonyl (C=O) groups excluding carboxylic acids is 2. The molecule has 0 aliphatic rings. The largest absolute Gasteiger partial charge is 0.484 e. The lowest BCUT2D eigenvalue weighted by Gasteiger charge is -2.02. The molecule has 2 amide bonds. The molecule has 0 spiro atoms. The molecule has 0 aliphatic heterocycles. The lowest BCUT2D eigenvalue weighted by Crippen LogP contribution is -2.31. The molecule has 2 heterocycles. The quantitative estimate of drug-likeness (QED) is 0.597. The minimum atomic E-state index is -0.439. The van der Waals surface area contributed by atoms with E-state index in [9.17, 15) is 9.59 Å². The Labute approximate surface area is 161 Å². The Morgan fingerprint density at radius 2 is 2.04 bits per heavy atom. The minimum absolute atomic E-state index is 0.0171. The lowest BCUT2D eigenvalue weighted by molar-refractivity contribution is -0.117. The third-order valence-electron chi connectivity index (χ3n) is 2.95. The van der Waals surface area contributed by atoms with Crippen molar-refractivity contribution in [2.45, 2.75) is 11.8 Å². The number of halogens is 1. The van der Waals surface area contributed by atoms with Gasteiger partial charge >= 0.3 is 0 Å². The number of carbonyl (C=O) groups is 2. The van der Waals surface area contributed by atoms with Crippen molar-refractivity contribution in [3.63, 3.8) is 0 Å². The van der Waals surface area contributed by atoms with E-state index in [4.69, 9.17) is 20.8 Å². The van der Waals surface area contributed by atoms with Gasteiger partial charge in [0.15, 0.2) is 6.61 Å². The molecule has 3 rings (SSSR count). The normalized spacial score (nSPS) is 10.5. The number of rotatable bonds is 7. The number of hydrogen-bond donors (Lipinski definition) is 1. The SMILES string of the molecule is O=C(CSc1nnc(COc2ccc(Cl)cc2)o1)NC(=O)c1cccs1. The fourth-order valence-corrected chi connectivity index (χ4v) is 3.12. The van der Waals surface area contributed by atoms with Crippen LogP contribution in [-0.4, -0.2) is 27.8 Å². The van der Waals surface area contributed by atoms with Gasteiger partial charge in [0.05, 0.1) is 10.6 Å². The molecule has 0 aliphatic carbocycles. The van der Waals surface area contributed by atoms with Crippen molar-refractivity contribution in [2.75, 3.05) is 5.75 Å². The van der Waals surface area contributed by atoms with E-state index in [2.05, 4.69) is 15.5 Å². The van der Waals surface area contributed by atoms with E-state index in [0.29, 0.717) is 15.6 Å². The average molecular weight is 410 g/mol. The summed E-state index contributed by atoms with van der Waals surface area (Å²) in [5.41, 5.74) is 0. The van der Waals surface area contributed by atoms with Crippen LogP contribution < -0.4 is 10.1 Å². The Morgan fingerprint density at radius 1 is 1.23 bits per heavy atom. The first-order valence-electron chi connectivity index (χ1n) is 7.31. The van der Waals surface area contributed by atoms with Crippen molar-refractivity contribution in [1.29, 1.82) is 0 Å². The van der Waals surface area contributed by atoms with Gasteiger partial charge in [0.2, 0.25) is 5.91 Å². The fraction of sp³-hybridized carbons (Fsp3) is 0.125. The second kappa shape index (κ2) is 8.84. The number of thiophene rings is 1. The van der Waals surface area contributed by atoms with Crippen LogP contribution in [0, 0.1) is 0 Å². The van der Waals surface area contributed by atoms with E-state index in [1.54, 1.807) is 41.8 Å². The number of nitrogens with zero attached hydrogens (tertiary/aromatic N) is 2. The summed E-state index contributed by atoms with van der Waals surface area (Å²) in [5, 5.41) is 12.6. The number of thioether (sulfide) groups is 1. The maximum Gasteiger partial charge on any atom is 0.277 e. The second-order valence-electron chi connectivity index (χ2n) is 4.85. The molecular weight excluding hydrogens is 398 g/mol. The Hall–Kier alpha value is -2.36. The molecule has 0 saturated heterocycles. The molecule has 0 bridgehead atoms. The van der Waals surface area contributed by atoms with Crippen LogP contribution in [0.4, 0.5) is 0 Å². The predicted molar refractivity (Wildman–Crippen MR) is 97.6 cm³/mol. The highest BCUT2D eigenvalue weighted by Crippen LogP contribution is 2.19. The van der Waals surface area contributed by atoms with Crippen LogP contribution in [0.1, 0.15) is 15.6 Å². The summed E-state index contributed by atoms with van der Waals surface area (Å²) in [5.74, 6) is 0.0149. The summed E-state index contributed by atoms with van der Waals surface area (Å²) in [4.78, 5) is 24.0. The summed E-state index contributed by atoms with van der Waals surface area (Å²) in [6, 6.07) is 10.3. The Bertz CT molecular complexity index is 881. The van der Waals surface area contributed by atoms with E-state index in [0.717, 1.165) is 11.8 Å². The molecule has 2 aromatic heterocycles. The first kappa shape index (κ1) is 18.4. The average Bonchev–Trinajstić information content (AvgIpc) is 3.31. The third kappa shape index (κ3) is 5.32. The highest BCUT2D eigenvalue weighted by molar-refractivity contribution is 7.99. The van der Waals surface area contributed by atoms with Gasteiger partial charge in [-0.05, 0) is 35.7 Å². The zero-order valence-electron chi connectivity index (χ0n) is 13.2. The zero-order valence-corrected chi connectivity index (χ0v) is 15.6. The molecule has 134 valence electrons. The Morgan fingerprint density at radius 3 is 2.77 bits per heavy atom. The van der Waals surface area contributed by atoms with E-state index in [-0.39, 0.29) is 23.5 Å². The van der Waals surface area contributed by atoms with Crippen LogP contribution in [0.15, 0.2) is 51.4 Å². The second-order valence-corrected chi connectivity index (χ2v) is 7.16. The van der Waals surface area contributed by atoms with Gasteiger partial charge in [0.1, 0.15) is 5.75 Å². The van der Waals surface area contributed by atoms with E-state index in [1.165, 1.54) is 11.3 Å². The predicted octanol–water partition coefficient (Wildman–Crippen LogP) is 3.41. The van der Waals surface area contributed by atoms with Crippen molar-refractivity contribution in [1.82, 2.24) is 15.5 Å². The van der Waals surface area contributed by atoms with Crippen LogP contribution in [-0.2, 0) is 11.4 Å². The molecule has 3 aromatic rings. The molecule has 1 N–H and O–H groups in total. The monoisotopic (exact) mass is 409 g/mol. The molecule has 0 fully saturated rings. The topological polar surface area (TPSA) is 94.3 Å². The van der Waals surface area contributed by atoms with Gasteiger partial charge in [-0.2, -0.15) is 0 Å². The first-order valence-corrected chi connectivity index (χ1v) is 9.56. The molecule has 1 aromatic carbocycles. The van der Waals surface area contributed by atoms with Gasteiger partial charge in [-0.25, -0.2) is 0 Å². The summed E-state index contributed by atoms with van der Waals surface area (Å²) in [6.45, 7) is 0.0955. The number of hydrogen-bond acceptors (Lipinski definition) is 8. The van der Waals surface area contributed by atoms with E-state index in [1.807, 2.05) is 0 Å². The van der Waals surface area contributed by atoms with Crippen LogP contribution in [0.3, 0.4) is 0 Å². The molecule has 0 saturated carbocycles. The summed E-state index contributed by atoms with van der Waals surface area (Å²) >= 11 is 8.10. The standard InChI is InChI=1S/C16H12ClN3O4S2/c17-10-3-5-11(6-4-10)23-8-14-19-20-16(24-14)26-9-13(21)18-15(22)12-2-1-7-25-12/h1-7H,8-9H2,(H,18,21,22). The van der Waals surface area contributed by atoms with E-state index < -0.39 is 11.8 Å². The first-order chi connectivity index (χ1) is 12.6. The lowest BCUT2D eigenvalue weighted by atomic mass is 10.3. The third-order valence-corrected chi connectivity index (χ3v) is 4.89. The number of ether oxygens (including phenoxy) is 1. The number of benzene rings is 1. The molecule has 10 heteroatoms. The van der Waals surface area contributed by atoms with Crippen molar-refractivity contribution in [3.05, 3.63) is 57.6 Å².